The van der Waals surface area contributed by atoms with Crippen molar-refractivity contribution in [2.45, 2.75) is 172 Å². The Hall–Kier alpha value is -6.15. The van der Waals surface area contributed by atoms with Gasteiger partial charge in [-0.25, -0.2) is 0 Å². The summed E-state index contributed by atoms with van der Waals surface area (Å²) in [7, 11) is 0. The van der Waals surface area contributed by atoms with Gasteiger partial charge in [-0.1, -0.05) is 33.1 Å². The molecule has 0 bridgehead atoms. The molecule has 0 radical (unpaired) electrons. The van der Waals surface area contributed by atoms with Crippen molar-refractivity contribution >= 4 is 65.0 Å². The van der Waals surface area contributed by atoms with Crippen molar-refractivity contribution in [2.24, 2.45) is 28.9 Å². The van der Waals surface area contributed by atoms with Gasteiger partial charge in [-0.15, -0.1) is 0 Å². The van der Waals surface area contributed by atoms with Crippen molar-refractivity contribution in [3.63, 3.8) is 0 Å². The maximum Gasteiger partial charge on any atom is 0.245 e. The van der Waals surface area contributed by atoms with E-state index in [-0.39, 0.29) is 58.3 Å². The summed E-state index contributed by atoms with van der Waals surface area (Å²) in [5.41, 5.74) is 22.9. The van der Waals surface area contributed by atoms with E-state index in [0.29, 0.717) is 12.3 Å². The lowest BCUT2D eigenvalue weighted by atomic mass is 10.0. The molecule has 1 saturated heterocycles. The molecule has 0 aromatic carbocycles. The number of aliphatic hydroxyl groups excluding tert-OH is 4. The van der Waals surface area contributed by atoms with E-state index in [1.165, 1.54) is 0 Å². The van der Waals surface area contributed by atoms with Crippen LogP contribution < -0.4 is 81.4 Å². The summed E-state index contributed by atoms with van der Waals surface area (Å²) in [6, 6.07) is -14.5. The van der Waals surface area contributed by atoms with Crippen molar-refractivity contribution in [1.29, 1.82) is 0 Å². The molecule has 1 aliphatic heterocycles. The van der Waals surface area contributed by atoms with E-state index >= 15 is 0 Å². The second kappa shape index (κ2) is 36.0. The van der Waals surface area contributed by atoms with Crippen LogP contribution in [0, 0.1) is 5.92 Å². The molecule has 434 valence electrons. The van der Waals surface area contributed by atoms with E-state index in [2.05, 4.69) is 72.3 Å². The summed E-state index contributed by atoms with van der Waals surface area (Å²) in [5.74, 6) is -10.5. The normalized spacial score (nSPS) is 23.6. The van der Waals surface area contributed by atoms with E-state index < -0.39 is 164 Å². The molecule has 23 N–H and O–H groups in total. The van der Waals surface area contributed by atoms with Gasteiger partial charge in [-0.05, 0) is 91.4 Å². The molecule has 1 heterocycles. The molecule has 13 atom stereocenters. The van der Waals surface area contributed by atoms with Gasteiger partial charge in [0.15, 0.2) is 0 Å². The largest absolute Gasteiger partial charge is 0.394 e. The van der Waals surface area contributed by atoms with Gasteiger partial charge in [0.1, 0.15) is 54.4 Å². The molecule has 0 aliphatic carbocycles. The summed E-state index contributed by atoms with van der Waals surface area (Å²) in [6.07, 6.45) is -2.66. The van der Waals surface area contributed by atoms with Crippen LogP contribution in [-0.4, -0.2) is 204 Å². The van der Waals surface area contributed by atoms with Gasteiger partial charge >= 0.3 is 0 Å². The van der Waals surface area contributed by atoms with Gasteiger partial charge in [-0.2, -0.15) is 0 Å². The van der Waals surface area contributed by atoms with E-state index in [4.69, 9.17) is 22.9 Å². The molecule has 1 rings (SSSR count). The van der Waals surface area contributed by atoms with E-state index in [9.17, 15) is 73.2 Å². The lowest BCUT2D eigenvalue weighted by Crippen LogP contribution is -2.62. The van der Waals surface area contributed by atoms with Crippen molar-refractivity contribution in [2.75, 3.05) is 45.9 Å². The highest BCUT2D eigenvalue weighted by atomic mass is 16.3. The number of hydrogen-bond donors (Lipinski definition) is 19. The van der Waals surface area contributed by atoms with Crippen LogP contribution in [0.3, 0.4) is 0 Å². The predicted molar refractivity (Wildman–Crippen MR) is 273 cm³/mol. The Morgan fingerprint density at radius 3 is 1.66 bits per heavy atom. The van der Waals surface area contributed by atoms with Gasteiger partial charge in [-0.3, -0.25) is 52.7 Å². The van der Waals surface area contributed by atoms with Crippen molar-refractivity contribution in [3.05, 3.63) is 0 Å². The summed E-state index contributed by atoms with van der Waals surface area (Å²) in [6.45, 7) is 4.52. The highest BCUT2D eigenvalue weighted by Crippen LogP contribution is 2.12. The number of nitrogens with one attached hydrogen (secondary N) is 11. The number of unbranched alkanes of at least 4 members (excludes halogenated alkanes) is 1. The summed E-state index contributed by atoms with van der Waals surface area (Å²) < 4.78 is 0. The fraction of sp³-hybridized carbons (Fsp3) is 0.761. The van der Waals surface area contributed by atoms with Gasteiger partial charge in [0, 0.05) is 13.0 Å². The van der Waals surface area contributed by atoms with Crippen LogP contribution in [0.25, 0.3) is 0 Å². The third-order valence-corrected chi connectivity index (χ3v) is 12.2. The SMILES string of the molecule is CC[C@H](C)CCCCC(=O)N[C@@H](CCN)C(=O)N[C@H](C(=O)N[C@H](CO)C(=O)N[C@H]1CCNC(=O)[C@H]([C@@H](C)O)NC(=O)[C@H](CCN)NC(=O)[C@H](CCN)NC(=O)[C@H]([C@@H](C)O)NC(=O)CNC(=O)[C@H](CCN)NC1=O)[C@@H](C)O. The van der Waals surface area contributed by atoms with Crippen LogP contribution in [0.4, 0.5) is 0 Å². The molecule has 0 spiro atoms. The van der Waals surface area contributed by atoms with Gasteiger partial charge in [0.25, 0.3) is 0 Å². The smallest absolute Gasteiger partial charge is 0.245 e. The van der Waals surface area contributed by atoms with Gasteiger partial charge in [0.2, 0.25) is 65.0 Å². The highest BCUT2D eigenvalue weighted by molar-refractivity contribution is 5.98. The van der Waals surface area contributed by atoms with Crippen molar-refractivity contribution in [1.82, 2.24) is 58.5 Å². The molecule has 76 heavy (non-hydrogen) atoms. The quantitative estimate of drug-likeness (QED) is 0.0378. The molecule has 0 unspecified atom stereocenters. The Morgan fingerprint density at radius 1 is 0.592 bits per heavy atom. The molecule has 30 nitrogen and oxygen atoms in total. The van der Waals surface area contributed by atoms with Crippen molar-refractivity contribution < 1.29 is 73.2 Å². The molecule has 0 aromatic heterocycles. The molecular weight excluding hydrogens is 1000 g/mol. The Labute approximate surface area is 442 Å². The zero-order valence-corrected chi connectivity index (χ0v) is 44.1. The summed E-state index contributed by atoms with van der Waals surface area (Å²) in [4.78, 5) is 148. The van der Waals surface area contributed by atoms with Gasteiger partial charge < -0.3 is 102 Å². The second-order valence-electron chi connectivity index (χ2n) is 18.7. The van der Waals surface area contributed by atoms with E-state index in [1.54, 1.807) is 0 Å². The van der Waals surface area contributed by atoms with Crippen LogP contribution in [-0.2, 0) is 52.7 Å². The Kier molecular flexibility index (Phi) is 32.1. The lowest BCUT2D eigenvalue weighted by molar-refractivity contribution is -0.137. The standard InChI is InChI=1S/C46H85N15O15/c1-6-23(2)9-7-8-10-33(66)53-28(12-17-48)41(71)61-37(26(5)65)46(76)58-32(22-62)43(73)56-31-15-20-51-44(74)35(24(3)63)60-42(72)30(14-19-50)55-39(69)29(13-18-49)57-45(75)36(25(4)64)59-34(67)21-52-38(68)27(11-16-47)54-40(31)70/h23-32,35-37,62-65H,6-22,47-50H2,1-5H3,(H,51,74)(H,52,68)(H,53,66)(H,54,70)(H,55,69)(H,56,73)(H,57,75)(H,58,76)(H,59,67)(H,60,72)(H,61,71)/t23-,24+,25+,26+,27-,28-,29-,30-,31-,32+,35-,36-,37-/m0/s1. The molecule has 1 aliphatic rings. The van der Waals surface area contributed by atoms with Crippen LogP contribution >= 0.6 is 0 Å². The number of carbonyl (C=O) groups is 11. The molecular formula is C46H85N15O15. The first-order valence-electron chi connectivity index (χ1n) is 25.6. The molecule has 1 fully saturated rings. The average molecular weight is 1090 g/mol. The van der Waals surface area contributed by atoms with E-state index in [0.717, 1.165) is 40.0 Å². The highest BCUT2D eigenvalue weighted by Gasteiger charge is 2.37. The maximum atomic E-state index is 14.0. The maximum absolute atomic E-state index is 14.0. The second-order valence-corrected chi connectivity index (χ2v) is 18.7. The first kappa shape index (κ1) is 67.9. The minimum Gasteiger partial charge on any atom is -0.394 e. The van der Waals surface area contributed by atoms with Crippen molar-refractivity contribution in [3.8, 4) is 0 Å². The summed E-state index contributed by atoms with van der Waals surface area (Å²) in [5, 5.41) is 67.8. The number of hydrogen-bond acceptors (Lipinski definition) is 19. The molecule has 0 saturated carbocycles. The average Bonchev–Trinajstić information content (AvgIpc) is 3.36. The first-order chi connectivity index (χ1) is 35.9. The van der Waals surface area contributed by atoms with E-state index in [1.807, 2.05) is 0 Å². The number of carbonyl (C=O) groups excluding carboxylic acids is 11. The van der Waals surface area contributed by atoms with Gasteiger partial charge in [0.05, 0.1) is 31.5 Å². The number of nitrogens with two attached hydrogens (primary N) is 4. The Bertz CT molecular complexity index is 1930. The number of amides is 11. The monoisotopic (exact) mass is 1090 g/mol. The molecule has 11 amide bonds. The third kappa shape index (κ3) is 24.2. The molecule has 30 heteroatoms. The zero-order valence-electron chi connectivity index (χ0n) is 44.1. The topological polar surface area (TPSA) is 505 Å². The van der Waals surface area contributed by atoms with Crippen LogP contribution in [0.5, 0.6) is 0 Å². The predicted octanol–water partition coefficient (Wildman–Crippen LogP) is -8.88. The van der Waals surface area contributed by atoms with Crippen LogP contribution in [0.2, 0.25) is 0 Å². The lowest BCUT2D eigenvalue weighted by Gasteiger charge is -2.28. The van der Waals surface area contributed by atoms with Crippen LogP contribution in [0.15, 0.2) is 0 Å². The fourth-order valence-corrected chi connectivity index (χ4v) is 7.48. The summed E-state index contributed by atoms with van der Waals surface area (Å²) >= 11 is 0. The molecule has 0 aromatic rings. The number of rotatable bonds is 25. The Balaban J connectivity index is 3.58. The van der Waals surface area contributed by atoms with Crippen LogP contribution in [0.1, 0.15) is 98.8 Å². The minimum absolute atomic E-state index is 0.0443. The minimum atomic E-state index is -1.89. The third-order valence-electron chi connectivity index (χ3n) is 12.2. The first-order valence-corrected chi connectivity index (χ1v) is 25.6. The number of aliphatic hydroxyl groups is 4. The fourth-order valence-electron chi connectivity index (χ4n) is 7.48. The zero-order chi connectivity index (χ0) is 57.7. The Morgan fingerprint density at radius 2 is 1.13 bits per heavy atom.